The van der Waals surface area contributed by atoms with Crippen LogP contribution in [0.2, 0.25) is 0 Å². The molecule has 0 aliphatic carbocycles. The number of amides is 2. The van der Waals surface area contributed by atoms with Crippen LogP contribution in [0.3, 0.4) is 0 Å². The molecule has 4 rings (SSSR count). The van der Waals surface area contributed by atoms with E-state index in [0.717, 1.165) is 5.69 Å². The van der Waals surface area contributed by atoms with Crippen LogP contribution >= 0.6 is 0 Å². The monoisotopic (exact) mass is 369 g/mol. The Hall–Kier alpha value is -2.96. The topological polar surface area (TPSA) is 72.8 Å². The summed E-state index contributed by atoms with van der Waals surface area (Å²) in [4.78, 5) is 27.1. The van der Waals surface area contributed by atoms with E-state index in [1.54, 1.807) is 18.0 Å². The number of hydrogen-bond donors (Lipinski definition) is 1. The molecule has 1 aromatic heterocycles. The number of rotatable bonds is 3. The van der Waals surface area contributed by atoms with Crippen molar-refractivity contribution >= 4 is 11.8 Å². The van der Waals surface area contributed by atoms with Gasteiger partial charge in [0.1, 0.15) is 13.2 Å². The van der Waals surface area contributed by atoms with Gasteiger partial charge in [0.25, 0.3) is 5.91 Å². The summed E-state index contributed by atoms with van der Waals surface area (Å²) in [6.45, 7) is 2.64. The Morgan fingerprint density at radius 3 is 2.85 bits per heavy atom. The smallest absolute Gasteiger partial charge is 0.258 e. The molecule has 2 aliphatic rings. The molecule has 0 unspecified atom stereocenters. The predicted molar refractivity (Wildman–Crippen MR) is 98.8 cm³/mol. The molecule has 0 saturated carbocycles. The third-order valence-corrected chi connectivity index (χ3v) is 5.05. The molecule has 1 atom stereocenters. The van der Waals surface area contributed by atoms with Crippen LogP contribution in [-0.2, 0) is 17.9 Å². The molecule has 1 N–H and O–H groups in total. The molecule has 2 amide bonds. The first-order chi connectivity index (χ1) is 13.2. The highest BCUT2D eigenvalue weighted by Crippen LogP contribution is 2.35. The summed E-state index contributed by atoms with van der Waals surface area (Å²) < 4.78 is 13.5. The Balaban J connectivity index is 1.63. The van der Waals surface area contributed by atoms with Crippen molar-refractivity contribution in [1.82, 2.24) is 14.8 Å². The summed E-state index contributed by atoms with van der Waals surface area (Å²) in [6.07, 6.45) is 2.38. The van der Waals surface area contributed by atoms with Crippen LogP contribution in [0, 0.1) is 5.92 Å². The van der Waals surface area contributed by atoms with E-state index >= 15 is 0 Å². The second-order valence-corrected chi connectivity index (χ2v) is 6.91. The number of benzene rings is 1. The summed E-state index contributed by atoms with van der Waals surface area (Å²) in [5.74, 6) is 1.04. The van der Waals surface area contributed by atoms with Gasteiger partial charge in [-0.2, -0.15) is 0 Å². The number of hydrogen-bond acceptors (Lipinski definition) is 4. The minimum atomic E-state index is -0.103. The predicted octanol–water partition coefficient (Wildman–Crippen LogP) is 1.67. The van der Waals surface area contributed by atoms with Crippen molar-refractivity contribution in [2.45, 2.75) is 19.5 Å². The van der Waals surface area contributed by atoms with Crippen LogP contribution in [0.25, 0.3) is 0 Å². The van der Waals surface area contributed by atoms with Gasteiger partial charge < -0.3 is 24.3 Å². The molecule has 0 radical (unpaired) electrons. The zero-order valence-corrected chi connectivity index (χ0v) is 15.3. The van der Waals surface area contributed by atoms with Crippen LogP contribution in [0.5, 0.6) is 11.5 Å². The Labute approximate surface area is 157 Å². The summed E-state index contributed by atoms with van der Waals surface area (Å²) in [5, 5.41) is 2.68. The summed E-state index contributed by atoms with van der Waals surface area (Å²) in [7, 11) is 1.64. The number of para-hydroxylation sites is 1. The number of carbonyl (C=O) groups is 2. The molecule has 27 heavy (non-hydrogen) atoms. The van der Waals surface area contributed by atoms with Crippen LogP contribution in [0.15, 0.2) is 36.5 Å². The van der Waals surface area contributed by atoms with Crippen LogP contribution < -0.4 is 14.8 Å². The fourth-order valence-corrected chi connectivity index (χ4v) is 3.74. The van der Waals surface area contributed by atoms with Gasteiger partial charge in [0, 0.05) is 44.4 Å². The Bertz CT molecular complexity index is 861. The van der Waals surface area contributed by atoms with Crippen molar-refractivity contribution in [2.24, 2.45) is 5.92 Å². The van der Waals surface area contributed by atoms with E-state index in [1.807, 2.05) is 30.5 Å². The van der Waals surface area contributed by atoms with E-state index in [9.17, 15) is 9.59 Å². The van der Waals surface area contributed by atoms with Crippen LogP contribution in [0.4, 0.5) is 0 Å². The average molecular weight is 369 g/mol. The maximum atomic E-state index is 13.3. The Morgan fingerprint density at radius 2 is 2.00 bits per heavy atom. The first-order valence-corrected chi connectivity index (χ1v) is 9.18. The van der Waals surface area contributed by atoms with Crippen molar-refractivity contribution < 1.29 is 19.1 Å². The standard InChI is InChI=1S/C20H23N3O4/c1-21-18(24)10-14-11-22-7-3-4-15(22)13-23(12-14)20(25)16-5-2-6-17-19(16)27-9-8-26-17/h2-7,14H,8-13H2,1H3,(H,21,24)/t14-/m0/s1. The van der Waals surface area contributed by atoms with E-state index in [4.69, 9.17) is 9.47 Å². The fourth-order valence-electron chi connectivity index (χ4n) is 3.74. The van der Waals surface area contributed by atoms with Crippen molar-refractivity contribution in [3.8, 4) is 11.5 Å². The Morgan fingerprint density at radius 1 is 1.15 bits per heavy atom. The van der Waals surface area contributed by atoms with Crippen molar-refractivity contribution in [2.75, 3.05) is 26.8 Å². The summed E-state index contributed by atoms with van der Waals surface area (Å²) in [6, 6.07) is 9.38. The molecule has 0 saturated heterocycles. The molecule has 2 aliphatic heterocycles. The zero-order chi connectivity index (χ0) is 18.8. The number of nitrogens with zero attached hydrogens (tertiary/aromatic N) is 2. The lowest BCUT2D eigenvalue weighted by Gasteiger charge is -2.26. The normalized spacial score (nSPS) is 18.4. The zero-order valence-electron chi connectivity index (χ0n) is 15.3. The molecular formula is C20H23N3O4. The molecule has 142 valence electrons. The minimum Gasteiger partial charge on any atom is -0.486 e. The lowest BCUT2D eigenvalue weighted by molar-refractivity contribution is -0.121. The summed E-state index contributed by atoms with van der Waals surface area (Å²) in [5.41, 5.74) is 1.57. The number of carbonyl (C=O) groups excluding carboxylic acids is 2. The van der Waals surface area contributed by atoms with E-state index in [2.05, 4.69) is 9.88 Å². The molecule has 0 spiro atoms. The average Bonchev–Trinajstić information content (AvgIpc) is 3.05. The van der Waals surface area contributed by atoms with Gasteiger partial charge in [-0.25, -0.2) is 0 Å². The van der Waals surface area contributed by atoms with E-state index in [-0.39, 0.29) is 17.7 Å². The second kappa shape index (κ2) is 7.34. The van der Waals surface area contributed by atoms with Gasteiger partial charge in [-0.05, 0) is 24.3 Å². The molecule has 0 bridgehead atoms. The van der Waals surface area contributed by atoms with Gasteiger partial charge in [-0.15, -0.1) is 0 Å². The lowest BCUT2D eigenvalue weighted by Crippen LogP contribution is -2.36. The number of aromatic nitrogens is 1. The number of nitrogens with one attached hydrogen (secondary N) is 1. The first-order valence-electron chi connectivity index (χ1n) is 9.18. The third kappa shape index (κ3) is 3.49. The summed E-state index contributed by atoms with van der Waals surface area (Å²) >= 11 is 0. The molecule has 0 fully saturated rings. The van der Waals surface area contributed by atoms with Gasteiger partial charge in [0.15, 0.2) is 11.5 Å². The minimum absolute atomic E-state index is 0.0168. The first kappa shape index (κ1) is 17.5. The molecule has 3 heterocycles. The van der Waals surface area contributed by atoms with Gasteiger partial charge in [0.05, 0.1) is 12.1 Å². The maximum absolute atomic E-state index is 13.3. The number of fused-ring (bicyclic) bond motifs is 2. The van der Waals surface area contributed by atoms with Gasteiger partial charge in [-0.3, -0.25) is 9.59 Å². The van der Waals surface area contributed by atoms with E-state index < -0.39 is 0 Å². The molecule has 2 aromatic rings. The molecule has 7 heteroatoms. The van der Waals surface area contributed by atoms with E-state index in [0.29, 0.717) is 56.3 Å². The highest BCUT2D eigenvalue weighted by molar-refractivity contribution is 5.98. The SMILES string of the molecule is CNC(=O)C[C@@H]1CN(C(=O)c2cccc3c2OCCO3)Cc2cccn2C1. The van der Waals surface area contributed by atoms with Gasteiger partial charge in [0.2, 0.25) is 5.91 Å². The largest absolute Gasteiger partial charge is 0.486 e. The number of ether oxygens (including phenoxy) is 2. The van der Waals surface area contributed by atoms with E-state index in [1.165, 1.54) is 0 Å². The van der Waals surface area contributed by atoms with Crippen molar-refractivity contribution in [1.29, 1.82) is 0 Å². The Kier molecular flexibility index (Phi) is 4.75. The van der Waals surface area contributed by atoms with Crippen LogP contribution in [0.1, 0.15) is 22.5 Å². The third-order valence-electron chi connectivity index (χ3n) is 5.05. The van der Waals surface area contributed by atoms with Crippen molar-refractivity contribution in [3.63, 3.8) is 0 Å². The van der Waals surface area contributed by atoms with Crippen molar-refractivity contribution in [3.05, 3.63) is 47.8 Å². The highest BCUT2D eigenvalue weighted by atomic mass is 16.6. The lowest BCUT2D eigenvalue weighted by atomic mass is 10.0. The second-order valence-electron chi connectivity index (χ2n) is 6.91. The maximum Gasteiger partial charge on any atom is 0.258 e. The van der Waals surface area contributed by atoms with Gasteiger partial charge in [-0.1, -0.05) is 6.07 Å². The van der Waals surface area contributed by atoms with Crippen LogP contribution in [-0.4, -0.2) is 48.1 Å². The highest BCUT2D eigenvalue weighted by Gasteiger charge is 2.29. The molecular weight excluding hydrogens is 346 g/mol. The molecule has 7 nitrogen and oxygen atoms in total. The quantitative estimate of drug-likeness (QED) is 0.893. The molecule has 1 aromatic carbocycles. The van der Waals surface area contributed by atoms with Gasteiger partial charge >= 0.3 is 0 Å². The fraction of sp³-hybridized carbons (Fsp3) is 0.400.